The highest BCUT2D eigenvalue weighted by Gasteiger charge is 2.30. The van der Waals surface area contributed by atoms with Gasteiger partial charge >= 0.3 is 12.1 Å². The molecular formula is C18H18F3NO3. The first-order chi connectivity index (χ1) is 11.6. The van der Waals surface area contributed by atoms with Gasteiger partial charge in [-0.3, -0.25) is 4.79 Å². The summed E-state index contributed by atoms with van der Waals surface area (Å²) in [5, 5.41) is 3.92. The van der Waals surface area contributed by atoms with Crippen molar-refractivity contribution >= 4 is 11.7 Å². The molecule has 4 nitrogen and oxygen atoms in total. The van der Waals surface area contributed by atoms with Crippen molar-refractivity contribution in [1.82, 2.24) is 0 Å². The minimum atomic E-state index is -4.36. The monoisotopic (exact) mass is 353 g/mol. The van der Waals surface area contributed by atoms with Crippen LogP contribution in [0, 0.1) is 11.8 Å². The maximum atomic E-state index is 12.6. The summed E-state index contributed by atoms with van der Waals surface area (Å²) < 4.78 is 42.8. The number of carbonyl (C=O) groups excluding carboxylic acids is 1. The van der Waals surface area contributed by atoms with Gasteiger partial charge in [0, 0.05) is 19.8 Å². The molecule has 1 atom stereocenters. The molecule has 0 saturated carbocycles. The van der Waals surface area contributed by atoms with Gasteiger partial charge in [-0.2, -0.15) is 13.2 Å². The largest absolute Gasteiger partial charge is 0.447 e. The van der Waals surface area contributed by atoms with E-state index < -0.39 is 23.3 Å². The lowest BCUT2D eigenvalue weighted by Gasteiger charge is -2.17. The maximum absolute atomic E-state index is 12.6. The summed E-state index contributed by atoms with van der Waals surface area (Å²) in [7, 11) is 0. The van der Waals surface area contributed by atoms with Gasteiger partial charge in [0.25, 0.3) is 0 Å². The molecule has 1 aromatic carbocycles. The van der Waals surface area contributed by atoms with E-state index in [1.807, 2.05) is 0 Å². The zero-order chi connectivity index (χ0) is 18.7. The first-order valence-corrected chi connectivity index (χ1v) is 7.67. The second kappa shape index (κ2) is 7.18. The predicted octanol–water partition coefficient (Wildman–Crippen LogP) is 3.93. The Morgan fingerprint density at radius 1 is 1.32 bits per heavy atom. The molecule has 7 heteroatoms. The number of hydrogen-bond acceptors (Lipinski definition) is 4. The van der Waals surface area contributed by atoms with Crippen molar-refractivity contribution in [2.75, 3.05) is 0 Å². The van der Waals surface area contributed by atoms with Gasteiger partial charge in [0.15, 0.2) is 5.60 Å². The van der Waals surface area contributed by atoms with Crippen LogP contribution in [0.25, 0.3) is 0 Å². The first-order valence-electron chi connectivity index (χ1n) is 7.67. The van der Waals surface area contributed by atoms with Crippen molar-refractivity contribution in [3.63, 3.8) is 0 Å². The van der Waals surface area contributed by atoms with Gasteiger partial charge in [-0.1, -0.05) is 29.1 Å². The third-order valence-corrected chi connectivity index (χ3v) is 3.40. The predicted molar refractivity (Wildman–Crippen MR) is 85.7 cm³/mol. The third kappa shape index (κ3) is 5.52. The highest BCUT2D eigenvalue weighted by Crippen LogP contribution is 2.29. The molecule has 0 aromatic heterocycles. The molecule has 0 aliphatic carbocycles. The van der Waals surface area contributed by atoms with Gasteiger partial charge in [-0.25, -0.2) is 0 Å². The molecule has 1 unspecified atom stereocenters. The highest BCUT2D eigenvalue weighted by molar-refractivity contribution is 6.01. The highest BCUT2D eigenvalue weighted by atomic mass is 19.4. The van der Waals surface area contributed by atoms with E-state index in [1.165, 1.54) is 19.1 Å². The molecule has 1 aromatic rings. The molecule has 1 heterocycles. The minimum absolute atomic E-state index is 0.280. The average Bonchev–Trinajstić information content (AvgIpc) is 2.93. The van der Waals surface area contributed by atoms with E-state index in [0.717, 1.165) is 12.1 Å². The van der Waals surface area contributed by atoms with Crippen LogP contribution in [0.15, 0.2) is 29.4 Å². The number of halogens is 3. The lowest BCUT2D eigenvalue weighted by molar-refractivity contribution is -0.149. The Labute approximate surface area is 144 Å². The van der Waals surface area contributed by atoms with Crippen LogP contribution >= 0.6 is 0 Å². The molecule has 0 saturated heterocycles. The normalized spacial score (nSPS) is 17.2. The zero-order valence-corrected chi connectivity index (χ0v) is 14.1. The standard InChI is InChI=1S/C18H18F3NO3/c1-12(23)24-17(2,3)10-4-5-15-11-16(22-25-15)13-6-8-14(9-7-13)18(19,20)21/h6-9,15H,5,11H2,1-3H3. The number of nitrogens with zero attached hydrogens (tertiary/aromatic N) is 1. The van der Waals surface area contributed by atoms with Crippen LogP contribution in [0.3, 0.4) is 0 Å². The van der Waals surface area contributed by atoms with E-state index >= 15 is 0 Å². The molecule has 0 amide bonds. The van der Waals surface area contributed by atoms with E-state index in [1.54, 1.807) is 13.8 Å². The lowest BCUT2D eigenvalue weighted by Crippen LogP contribution is -2.24. The SMILES string of the molecule is CC(=O)OC(C)(C)C#CCC1CC(c2ccc(C(F)(F)F)cc2)=NO1. The molecule has 0 bridgehead atoms. The summed E-state index contributed by atoms with van der Waals surface area (Å²) in [4.78, 5) is 16.2. The molecule has 134 valence electrons. The Kier molecular flexibility index (Phi) is 5.41. The lowest BCUT2D eigenvalue weighted by atomic mass is 10.0. The van der Waals surface area contributed by atoms with Crippen LogP contribution in [0.5, 0.6) is 0 Å². The summed E-state index contributed by atoms with van der Waals surface area (Å²) in [5.74, 6) is 5.33. The van der Waals surface area contributed by atoms with Crippen molar-refractivity contribution in [2.45, 2.75) is 51.5 Å². The van der Waals surface area contributed by atoms with Gasteiger partial charge in [0.05, 0.1) is 11.3 Å². The Morgan fingerprint density at radius 3 is 2.52 bits per heavy atom. The molecule has 1 aliphatic rings. The fourth-order valence-corrected chi connectivity index (χ4v) is 2.32. The summed E-state index contributed by atoms with van der Waals surface area (Å²) in [6.07, 6.45) is -3.82. The van der Waals surface area contributed by atoms with Crippen LogP contribution in [0.4, 0.5) is 13.2 Å². The Bertz CT molecular complexity index is 725. The smallest absolute Gasteiger partial charge is 0.416 e. The number of hydrogen-bond donors (Lipinski definition) is 0. The number of alkyl halides is 3. The van der Waals surface area contributed by atoms with Crippen molar-refractivity contribution in [3.05, 3.63) is 35.4 Å². The van der Waals surface area contributed by atoms with E-state index in [0.29, 0.717) is 24.1 Å². The second-order valence-corrected chi connectivity index (χ2v) is 6.15. The van der Waals surface area contributed by atoms with E-state index in [4.69, 9.17) is 9.57 Å². The fraction of sp³-hybridized carbons (Fsp3) is 0.444. The molecule has 0 N–H and O–H groups in total. The molecule has 0 radical (unpaired) electrons. The number of benzene rings is 1. The minimum Gasteiger partial charge on any atom is -0.447 e. The van der Waals surface area contributed by atoms with Crippen LogP contribution < -0.4 is 0 Å². The molecule has 0 fully saturated rings. The molecule has 25 heavy (non-hydrogen) atoms. The summed E-state index contributed by atoms with van der Waals surface area (Å²) >= 11 is 0. The first kappa shape index (κ1) is 18.8. The van der Waals surface area contributed by atoms with Crippen molar-refractivity contribution in [3.8, 4) is 11.8 Å². The quantitative estimate of drug-likeness (QED) is 0.611. The van der Waals surface area contributed by atoms with Gasteiger partial charge < -0.3 is 9.57 Å². The molecular weight excluding hydrogens is 335 g/mol. The topological polar surface area (TPSA) is 47.9 Å². The van der Waals surface area contributed by atoms with Crippen LogP contribution in [0.1, 0.15) is 44.7 Å². The van der Waals surface area contributed by atoms with Crippen LogP contribution in [-0.4, -0.2) is 23.4 Å². The average molecular weight is 353 g/mol. The Morgan fingerprint density at radius 2 is 1.96 bits per heavy atom. The summed E-state index contributed by atoms with van der Waals surface area (Å²) in [6, 6.07) is 4.80. The van der Waals surface area contributed by atoms with Crippen LogP contribution in [0.2, 0.25) is 0 Å². The Hall–Kier alpha value is -2.49. The maximum Gasteiger partial charge on any atom is 0.416 e. The summed E-state index contributed by atoms with van der Waals surface area (Å²) in [5.41, 5.74) is -0.420. The number of ether oxygens (including phenoxy) is 1. The second-order valence-electron chi connectivity index (χ2n) is 6.15. The fourth-order valence-electron chi connectivity index (χ4n) is 2.32. The van der Waals surface area contributed by atoms with Crippen molar-refractivity contribution in [2.24, 2.45) is 5.16 Å². The van der Waals surface area contributed by atoms with Crippen LogP contribution in [-0.2, 0) is 20.5 Å². The van der Waals surface area contributed by atoms with Gasteiger partial charge in [0.1, 0.15) is 6.10 Å². The number of carbonyl (C=O) groups is 1. The van der Waals surface area contributed by atoms with Gasteiger partial charge in [-0.05, 0) is 31.5 Å². The molecule has 1 aliphatic heterocycles. The van der Waals surface area contributed by atoms with Gasteiger partial charge in [0.2, 0.25) is 0 Å². The number of esters is 1. The molecule has 0 spiro atoms. The zero-order valence-electron chi connectivity index (χ0n) is 14.1. The van der Waals surface area contributed by atoms with Crippen molar-refractivity contribution in [1.29, 1.82) is 0 Å². The van der Waals surface area contributed by atoms with E-state index in [9.17, 15) is 18.0 Å². The number of rotatable bonds is 3. The van der Waals surface area contributed by atoms with Gasteiger partial charge in [-0.15, -0.1) is 0 Å². The van der Waals surface area contributed by atoms with E-state index in [2.05, 4.69) is 17.0 Å². The number of oxime groups is 1. The van der Waals surface area contributed by atoms with E-state index in [-0.39, 0.29) is 6.10 Å². The third-order valence-electron chi connectivity index (χ3n) is 3.40. The Balaban J connectivity index is 1.93. The molecule has 2 rings (SSSR count). The van der Waals surface area contributed by atoms with Crippen molar-refractivity contribution < 1.29 is 27.5 Å². The summed E-state index contributed by atoms with van der Waals surface area (Å²) in [6.45, 7) is 4.68.